The van der Waals surface area contributed by atoms with Crippen molar-refractivity contribution in [2.75, 3.05) is 19.8 Å². The van der Waals surface area contributed by atoms with Gasteiger partial charge in [-0.05, 0) is 19.3 Å². The van der Waals surface area contributed by atoms with Crippen molar-refractivity contribution in [2.24, 2.45) is 0 Å². The molecular weight excluding hydrogens is 320 g/mol. The average Bonchev–Trinajstić information content (AvgIpc) is 2.63. The minimum atomic E-state index is 0. The summed E-state index contributed by atoms with van der Waals surface area (Å²) in [5, 5.41) is 0. The zero-order chi connectivity index (χ0) is 18.4. The summed E-state index contributed by atoms with van der Waals surface area (Å²) in [5.74, 6) is 0. The Labute approximate surface area is 166 Å². The average molecular weight is 373 g/mol. The van der Waals surface area contributed by atoms with Gasteiger partial charge in [-0.2, -0.15) is 0 Å². The molecule has 2 nitrogen and oxygen atoms in total. The Kier molecular flexibility index (Phi) is 27.0. The highest BCUT2D eigenvalue weighted by Crippen LogP contribution is 2.14. The van der Waals surface area contributed by atoms with Gasteiger partial charge in [-0.3, -0.25) is 0 Å². The summed E-state index contributed by atoms with van der Waals surface area (Å²) in [5.41, 5.74) is 0. The highest BCUT2D eigenvalue weighted by atomic mass is 16.7. The number of unbranched alkanes of at least 4 members (excludes halogenated alkanes) is 15. The van der Waals surface area contributed by atoms with Gasteiger partial charge in [-0.15, -0.1) is 0 Å². The van der Waals surface area contributed by atoms with Crippen LogP contribution in [-0.2, 0) is 4.37 Å². The molecule has 26 heavy (non-hydrogen) atoms. The number of hydrogen-bond acceptors (Lipinski definition) is 1. The molecule has 0 aliphatic rings. The molecule has 0 aliphatic heterocycles. The van der Waals surface area contributed by atoms with Crippen LogP contribution in [0.15, 0.2) is 0 Å². The van der Waals surface area contributed by atoms with Crippen molar-refractivity contribution < 1.29 is 9.84 Å². The van der Waals surface area contributed by atoms with Crippen LogP contribution < -0.4 is 0 Å². The normalized spacial score (nSPS) is 11.1. The largest absolute Gasteiger partial charge is 0.870 e. The molecule has 0 aromatic carbocycles. The van der Waals surface area contributed by atoms with E-state index in [9.17, 15) is 0 Å². The van der Waals surface area contributed by atoms with Gasteiger partial charge in [0.15, 0.2) is 0 Å². The second kappa shape index (κ2) is 24.9. The lowest BCUT2D eigenvalue weighted by molar-refractivity contribution is -0.143. The number of rotatable bonds is 21. The Hall–Kier alpha value is -0.0800. The van der Waals surface area contributed by atoms with E-state index in [2.05, 4.69) is 25.1 Å². The molecule has 0 atom stereocenters. The first kappa shape index (κ1) is 28.1. The minimum absolute atomic E-state index is 0. The highest BCUT2D eigenvalue weighted by molar-refractivity contribution is 4.51. The lowest BCUT2D eigenvalue weighted by Gasteiger charge is -2.19. The highest BCUT2D eigenvalue weighted by Gasteiger charge is 2.08. The van der Waals surface area contributed by atoms with E-state index in [1.165, 1.54) is 135 Å². The Bertz CT molecular complexity index is 222. The van der Waals surface area contributed by atoms with Crippen molar-refractivity contribution in [1.82, 2.24) is 0 Å². The maximum absolute atomic E-state index is 3.55. The summed E-state index contributed by atoms with van der Waals surface area (Å²) >= 11 is 0. The van der Waals surface area contributed by atoms with E-state index in [4.69, 9.17) is 0 Å². The molecule has 160 valence electrons. The van der Waals surface area contributed by atoms with Crippen LogP contribution in [0, 0.1) is 0 Å². The molecule has 1 N–H and O–H groups in total. The van der Waals surface area contributed by atoms with Crippen LogP contribution in [0.2, 0.25) is 0 Å². The summed E-state index contributed by atoms with van der Waals surface area (Å²) in [4.78, 5) is 0. The molecule has 0 fully saturated rings. The third kappa shape index (κ3) is 22.0. The van der Waals surface area contributed by atoms with Crippen molar-refractivity contribution in [3.8, 4) is 0 Å². The fourth-order valence-corrected chi connectivity index (χ4v) is 3.50. The monoisotopic (exact) mass is 372 g/mol. The topological polar surface area (TPSA) is 32.7 Å². The van der Waals surface area contributed by atoms with Gasteiger partial charge in [0, 0.05) is 19.3 Å². The molecular formula is C24H52O2. The van der Waals surface area contributed by atoms with Crippen LogP contribution in [0.3, 0.4) is 0 Å². The van der Waals surface area contributed by atoms with E-state index < -0.39 is 0 Å². The van der Waals surface area contributed by atoms with Crippen LogP contribution >= 0.6 is 0 Å². The summed E-state index contributed by atoms with van der Waals surface area (Å²) < 4.78 is 3.55. The molecule has 0 amide bonds. The molecule has 0 saturated heterocycles. The van der Waals surface area contributed by atoms with Crippen LogP contribution in [-0.4, -0.2) is 25.3 Å². The van der Waals surface area contributed by atoms with E-state index in [0.29, 0.717) is 0 Å². The molecule has 0 saturated carbocycles. The summed E-state index contributed by atoms with van der Waals surface area (Å²) in [7, 11) is 0. The second-order valence-electron chi connectivity index (χ2n) is 8.03. The standard InChI is InChI=1S/C24H51O.H2O/c1-4-7-10-11-12-13-14-15-16-17-18-19-20-21-24-25(22-8-5-2)23-9-6-3;/h4-24H2,1-3H3;1H2/q+1;/p-1. The maximum Gasteiger partial charge on any atom is 0.145 e. The Morgan fingerprint density at radius 1 is 0.346 bits per heavy atom. The third-order valence-electron chi connectivity index (χ3n) is 5.36. The van der Waals surface area contributed by atoms with Gasteiger partial charge in [-0.25, -0.2) is 0 Å². The van der Waals surface area contributed by atoms with Crippen LogP contribution in [0.25, 0.3) is 0 Å². The molecule has 0 aliphatic carbocycles. The molecule has 0 bridgehead atoms. The van der Waals surface area contributed by atoms with E-state index in [1.54, 1.807) is 0 Å². The first-order valence-corrected chi connectivity index (χ1v) is 12.0. The van der Waals surface area contributed by atoms with Gasteiger partial charge in [0.05, 0.1) is 0 Å². The van der Waals surface area contributed by atoms with E-state index in [1.807, 2.05) is 0 Å². The SMILES string of the molecule is CCCCCCCCCCCCCCCC[O+](CCCC)CCCC.[OH-]. The van der Waals surface area contributed by atoms with Gasteiger partial charge >= 0.3 is 0 Å². The summed E-state index contributed by atoms with van der Waals surface area (Å²) in [6, 6.07) is 0. The van der Waals surface area contributed by atoms with Crippen LogP contribution in [0.1, 0.15) is 136 Å². The molecule has 0 unspecified atom stereocenters. The quantitative estimate of drug-likeness (QED) is 0.147. The van der Waals surface area contributed by atoms with E-state index >= 15 is 0 Å². The van der Waals surface area contributed by atoms with Crippen molar-refractivity contribution in [1.29, 1.82) is 0 Å². The van der Waals surface area contributed by atoms with Crippen LogP contribution in [0.4, 0.5) is 0 Å². The van der Waals surface area contributed by atoms with Gasteiger partial charge < -0.3 is 9.84 Å². The Morgan fingerprint density at radius 2 is 0.615 bits per heavy atom. The van der Waals surface area contributed by atoms with Crippen LogP contribution in [0.5, 0.6) is 0 Å². The molecule has 0 heterocycles. The first-order chi connectivity index (χ1) is 12.3. The lowest BCUT2D eigenvalue weighted by Crippen LogP contribution is -2.18. The lowest BCUT2D eigenvalue weighted by atomic mass is 10.0. The summed E-state index contributed by atoms with van der Waals surface area (Å²) in [6.45, 7) is 10.6. The predicted molar refractivity (Wildman–Crippen MR) is 118 cm³/mol. The van der Waals surface area contributed by atoms with Gasteiger partial charge in [0.1, 0.15) is 19.8 Å². The fourth-order valence-electron chi connectivity index (χ4n) is 3.50. The Balaban J connectivity index is 0. The molecule has 0 rings (SSSR count). The zero-order valence-electron chi connectivity index (χ0n) is 18.7. The molecule has 0 aromatic rings. The predicted octanol–water partition coefficient (Wildman–Crippen LogP) is 8.44. The minimum Gasteiger partial charge on any atom is -0.870 e. The van der Waals surface area contributed by atoms with Crippen molar-refractivity contribution in [2.45, 2.75) is 136 Å². The first-order valence-electron chi connectivity index (χ1n) is 12.0. The van der Waals surface area contributed by atoms with Gasteiger partial charge in [0.25, 0.3) is 0 Å². The van der Waals surface area contributed by atoms with Crippen molar-refractivity contribution >= 4 is 0 Å². The van der Waals surface area contributed by atoms with Crippen molar-refractivity contribution in [3.05, 3.63) is 0 Å². The van der Waals surface area contributed by atoms with E-state index in [-0.39, 0.29) is 5.48 Å². The fraction of sp³-hybridized carbons (Fsp3) is 1.00. The third-order valence-corrected chi connectivity index (χ3v) is 5.36. The van der Waals surface area contributed by atoms with E-state index in [0.717, 1.165) is 0 Å². The maximum atomic E-state index is 3.55. The molecule has 0 aromatic heterocycles. The molecule has 2 heteroatoms. The summed E-state index contributed by atoms with van der Waals surface area (Å²) in [6.07, 6.45) is 25.6. The van der Waals surface area contributed by atoms with Gasteiger partial charge in [0.2, 0.25) is 0 Å². The smallest absolute Gasteiger partial charge is 0.145 e. The van der Waals surface area contributed by atoms with Gasteiger partial charge in [-0.1, -0.05) is 97.8 Å². The van der Waals surface area contributed by atoms with Crippen molar-refractivity contribution in [3.63, 3.8) is 0 Å². The Morgan fingerprint density at radius 3 is 0.962 bits per heavy atom. The number of hydrogen-bond donors (Lipinski definition) is 0. The molecule has 0 spiro atoms. The molecule has 0 radical (unpaired) electrons. The second-order valence-corrected chi connectivity index (χ2v) is 8.03. The zero-order valence-corrected chi connectivity index (χ0v) is 18.7.